The molecule has 1 heterocycles. The Bertz CT molecular complexity index is 500. The van der Waals surface area contributed by atoms with Crippen LogP contribution < -0.4 is 0 Å². The van der Waals surface area contributed by atoms with Gasteiger partial charge in [0.1, 0.15) is 0 Å². The summed E-state index contributed by atoms with van der Waals surface area (Å²) in [6, 6.07) is 10.4. The molecule has 1 aromatic carbocycles. The van der Waals surface area contributed by atoms with Crippen LogP contribution in [0.4, 0.5) is 0 Å². The molecule has 1 nitrogen and oxygen atoms in total. The van der Waals surface area contributed by atoms with E-state index >= 15 is 0 Å². The molecule has 0 aliphatic carbocycles. The molecule has 15 heavy (non-hydrogen) atoms. The Labute approximate surface area is 106 Å². The Hall–Kier alpha value is -0.540. The lowest BCUT2D eigenvalue weighted by molar-refractivity contribution is 0.962. The molecule has 0 radical (unpaired) electrons. The van der Waals surface area contributed by atoms with Gasteiger partial charge in [-0.25, -0.2) is 0 Å². The highest BCUT2D eigenvalue weighted by Crippen LogP contribution is 2.25. The van der Waals surface area contributed by atoms with Gasteiger partial charge in [0.15, 0.2) is 0 Å². The fraction of sp³-hybridized carbons (Fsp3) is 0.167. The summed E-state index contributed by atoms with van der Waals surface area (Å²) in [4.78, 5) is 0. The molecule has 0 saturated carbocycles. The van der Waals surface area contributed by atoms with Crippen molar-refractivity contribution in [2.24, 2.45) is 0 Å². The van der Waals surface area contributed by atoms with Crippen LogP contribution in [0, 0.1) is 13.8 Å². The minimum atomic E-state index is 1.10. The topological polar surface area (TPSA) is 4.93 Å². The highest BCUT2D eigenvalue weighted by atomic mass is 79.9. The highest BCUT2D eigenvalue weighted by Gasteiger charge is 2.08. The zero-order valence-electron chi connectivity index (χ0n) is 8.59. The predicted molar refractivity (Wildman–Crippen MR) is 70.6 cm³/mol. The van der Waals surface area contributed by atoms with Gasteiger partial charge < -0.3 is 4.57 Å². The molecule has 0 spiro atoms. The van der Waals surface area contributed by atoms with Gasteiger partial charge in [0.25, 0.3) is 0 Å². The molecule has 0 aliphatic rings. The molecule has 0 bridgehead atoms. The molecule has 0 aliphatic heterocycles. The van der Waals surface area contributed by atoms with Gasteiger partial charge in [-0.1, -0.05) is 22.0 Å². The van der Waals surface area contributed by atoms with Crippen molar-refractivity contribution in [2.75, 3.05) is 0 Å². The molecule has 1 aromatic heterocycles. The Morgan fingerprint density at radius 2 is 1.80 bits per heavy atom. The van der Waals surface area contributed by atoms with Gasteiger partial charge in [0, 0.05) is 26.0 Å². The van der Waals surface area contributed by atoms with Gasteiger partial charge in [-0.05, 0) is 54.0 Å². The van der Waals surface area contributed by atoms with E-state index in [0.717, 1.165) is 8.95 Å². The summed E-state index contributed by atoms with van der Waals surface area (Å²) in [6.07, 6.45) is 0. The molecule has 0 amide bonds. The fourth-order valence-corrected chi connectivity index (χ4v) is 2.63. The first-order chi connectivity index (χ1) is 7.09. The number of rotatable bonds is 1. The van der Waals surface area contributed by atoms with E-state index in [1.807, 2.05) is 12.1 Å². The Morgan fingerprint density at radius 1 is 1.07 bits per heavy atom. The van der Waals surface area contributed by atoms with E-state index in [9.17, 15) is 0 Å². The summed E-state index contributed by atoms with van der Waals surface area (Å²) in [5.41, 5.74) is 3.65. The first-order valence-electron chi connectivity index (χ1n) is 4.70. The lowest BCUT2D eigenvalue weighted by atomic mass is 10.3. The Morgan fingerprint density at radius 3 is 2.33 bits per heavy atom. The second-order valence-electron chi connectivity index (χ2n) is 3.53. The number of benzene rings is 1. The van der Waals surface area contributed by atoms with E-state index in [1.54, 1.807) is 0 Å². The summed E-state index contributed by atoms with van der Waals surface area (Å²) in [6.45, 7) is 4.22. The van der Waals surface area contributed by atoms with Crippen molar-refractivity contribution in [2.45, 2.75) is 13.8 Å². The second-order valence-corrected chi connectivity index (χ2v) is 5.30. The summed E-state index contributed by atoms with van der Waals surface area (Å²) in [5, 5.41) is 0. The molecule has 2 aromatic rings. The third-order valence-electron chi connectivity index (χ3n) is 2.44. The van der Waals surface area contributed by atoms with Crippen molar-refractivity contribution >= 4 is 31.9 Å². The summed E-state index contributed by atoms with van der Waals surface area (Å²) in [5.74, 6) is 0. The monoisotopic (exact) mass is 327 g/mol. The molecule has 0 unspecified atom stereocenters. The SMILES string of the molecule is Cc1cc(Br)c(C)n1-c1cccc(Br)c1. The average Bonchev–Trinajstić information content (AvgIpc) is 2.41. The molecular formula is C12H11Br2N. The summed E-state index contributed by atoms with van der Waals surface area (Å²) in [7, 11) is 0. The molecule has 0 fully saturated rings. The Balaban J connectivity index is 2.63. The number of hydrogen-bond acceptors (Lipinski definition) is 0. The van der Waals surface area contributed by atoms with Gasteiger partial charge >= 0.3 is 0 Å². The first-order valence-corrected chi connectivity index (χ1v) is 6.28. The lowest BCUT2D eigenvalue weighted by Gasteiger charge is -2.09. The third-order valence-corrected chi connectivity index (χ3v) is 3.73. The lowest BCUT2D eigenvalue weighted by Crippen LogP contribution is -1.98. The van der Waals surface area contributed by atoms with Gasteiger partial charge in [0.05, 0.1) is 0 Å². The average molecular weight is 329 g/mol. The summed E-state index contributed by atoms with van der Waals surface area (Å²) < 4.78 is 4.48. The quantitative estimate of drug-likeness (QED) is 0.720. The molecule has 78 valence electrons. The second kappa shape index (κ2) is 4.14. The van der Waals surface area contributed by atoms with Crippen molar-refractivity contribution in [1.29, 1.82) is 0 Å². The van der Waals surface area contributed by atoms with Crippen molar-refractivity contribution < 1.29 is 0 Å². The van der Waals surface area contributed by atoms with E-state index in [-0.39, 0.29) is 0 Å². The maximum Gasteiger partial charge on any atom is 0.0466 e. The zero-order valence-corrected chi connectivity index (χ0v) is 11.8. The van der Waals surface area contributed by atoms with E-state index in [2.05, 4.69) is 68.5 Å². The predicted octanol–water partition coefficient (Wildman–Crippen LogP) is 4.62. The van der Waals surface area contributed by atoms with Crippen molar-refractivity contribution in [3.63, 3.8) is 0 Å². The highest BCUT2D eigenvalue weighted by molar-refractivity contribution is 9.10. The van der Waals surface area contributed by atoms with E-state index in [4.69, 9.17) is 0 Å². The van der Waals surface area contributed by atoms with Crippen LogP contribution in [0.15, 0.2) is 39.3 Å². The van der Waals surface area contributed by atoms with Crippen molar-refractivity contribution in [1.82, 2.24) is 4.57 Å². The van der Waals surface area contributed by atoms with Crippen LogP contribution >= 0.6 is 31.9 Å². The van der Waals surface area contributed by atoms with Crippen LogP contribution in [0.2, 0.25) is 0 Å². The first kappa shape index (κ1) is 11.0. The van der Waals surface area contributed by atoms with Crippen molar-refractivity contribution in [3.05, 3.63) is 50.7 Å². The number of aromatic nitrogens is 1. The van der Waals surface area contributed by atoms with Gasteiger partial charge in [-0.15, -0.1) is 0 Å². The van der Waals surface area contributed by atoms with E-state index in [1.165, 1.54) is 17.1 Å². The minimum absolute atomic E-state index is 1.10. The molecule has 0 atom stereocenters. The molecular weight excluding hydrogens is 318 g/mol. The standard InChI is InChI=1S/C12H11Br2N/c1-8-6-12(14)9(2)15(8)11-5-3-4-10(13)7-11/h3-7H,1-2H3. The third kappa shape index (κ3) is 2.04. The van der Waals surface area contributed by atoms with E-state index in [0.29, 0.717) is 0 Å². The fourth-order valence-electron chi connectivity index (χ4n) is 1.74. The summed E-state index contributed by atoms with van der Waals surface area (Å²) >= 11 is 7.04. The van der Waals surface area contributed by atoms with Crippen LogP contribution in [0.3, 0.4) is 0 Å². The van der Waals surface area contributed by atoms with Gasteiger partial charge in [-0.3, -0.25) is 0 Å². The Kier molecular flexibility index (Phi) is 3.03. The minimum Gasteiger partial charge on any atom is -0.317 e. The normalized spacial score (nSPS) is 10.7. The van der Waals surface area contributed by atoms with E-state index < -0.39 is 0 Å². The van der Waals surface area contributed by atoms with Crippen LogP contribution in [0.25, 0.3) is 5.69 Å². The molecule has 3 heteroatoms. The van der Waals surface area contributed by atoms with Crippen molar-refractivity contribution in [3.8, 4) is 5.69 Å². The van der Waals surface area contributed by atoms with Crippen LogP contribution in [0.5, 0.6) is 0 Å². The maximum atomic E-state index is 3.55. The number of aryl methyl sites for hydroxylation is 1. The number of nitrogens with zero attached hydrogens (tertiary/aromatic N) is 1. The number of hydrogen-bond donors (Lipinski definition) is 0. The largest absolute Gasteiger partial charge is 0.317 e. The van der Waals surface area contributed by atoms with Gasteiger partial charge in [0.2, 0.25) is 0 Å². The maximum absolute atomic E-state index is 3.55. The van der Waals surface area contributed by atoms with Gasteiger partial charge in [-0.2, -0.15) is 0 Å². The molecule has 0 saturated heterocycles. The van der Waals surface area contributed by atoms with Crippen LogP contribution in [-0.4, -0.2) is 4.57 Å². The number of halogens is 2. The molecule has 2 rings (SSSR count). The van der Waals surface area contributed by atoms with Crippen LogP contribution in [-0.2, 0) is 0 Å². The van der Waals surface area contributed by atoms with Crippen LogP contribution in [0.1, 0.15) is 11.4 Å². The smallest absolute Gasteiger partial charge is 0.0466 e. The zero-order chi connectivity index (χ0) is 11.0. The molecule has 0 N–H and O–H groups in total.